The first-order valence-electron chi connectivity index (χ1n) is 13.9. The van der Waals surface area contributed by atoms with Crippen LogP contribution in [0.15, 0.2) is 36.4 Å². The van der Waals surface area contributed by atoms with Gasteiger partial charge in [-0.3, -0.25) is 0 Å². The van der Waals surface area contributed by atoms with Crippen molar-refractivity contribution in [2.45, 2.75) is 76.8 Å². The van der Waals surface area contributed by atoms with Crippen LogP contribution in [0.3, 0.4) is 0 Å². The lowest BCUT2D eigenvalue weighted by atomic mass is 10.0. The fraction of sp³-hybridized carbons (Fsp3) is 0.607. The molecule has 1 atom stereocenters. The minimum atomic E-state index is 0.448. The Balaban J connectivity index is 1.31. The molecule has 36 heavy (non-hydrogen) atoms. The number of para-hydroxylation sites is 1. The average molecular weight is 508 g/mol. The van der Waals surface area contributed by atoms with E-state index in [-0.39, 0.29) is 0 Å². The lowest BCUT2D eigenvalue weighted by molar-refractivity contribution is 0.481. The smallest absolute Gasteiger partial charge is 0.232 e. The van der Waals surface area contributed by atoms with Gasteiger partial charge in [0.25, 0.3) is 0 Å². The van der Waals surface area contributed by atoms with Crippen molar-refractivity contribution < 1.29 is 0 Å². The van der Waals surface area contributed by atoms with Gasteiger partial charge in [0.05, 0.1) is 0 Å². The van der Waals surface area contributed by atoms with Gasteiger partial charge in [-0.1, -0.05) is 43.9 Å². The number of nitrogens with zero attached hydrogens (tertiary/aromatic N) is 5. The molecule has 3 fully saturated rings. The van der Waals surface area contributed by atoms with Gasteiger partial charge in [0.2, 0.25) is 5.95 Å². The van der Waals surface area contributed by atoms with Gasteiger partial charge in [0.1, 0.15) is 11.6 Å². The van der Waals surface area contributed by atoms with E-state index in [2.05, 4.69) is 68.7 Å². The predicted octanol–water partition coefficient (Wildman–Crippen LogP) is 5.19. The molecule has 1 aromatic carbocycles. The third kappa shape index (κ3) is 6.38. The fourth-order valence-corrected chi connectivity index (χ4v) is 6.06. The number of aromatic nitrogens is 2. The molecule has 3 aliphatic rings. The molecule has 0 bridgehead atoms. The number of rotatable bonds is 5. The van der Waals surface area contributed by atoms with E-state index < -0.39 is 0 Å². The minimum Gasteiger partial charge on any atom is -0.368 e. The molecule has 0 amide bonds. The molecular formula is C28H41N7S. The lowest BCUT2D eigenvalue weighted by Gasteiger charge is -2.38. The van der Waals surface area contributed by atoms with Crippen molar-refractivity contribution in [1.82, 2.24) is 15.3 Å². The Morgan fingerprint density at radius 2 is 1.47 bits per heavy atom. The standard InChI is InChI=1S/C28H41N7S/c1-22-11-9-10-16-35(22)26-21-25(34-19-17-33(18-20-34)24-14-7-4-8-15-24)30-27(31-26)32-28(36)29-23-12-5-2-3-6-13-23/h4,7-8,14-15,21-23H,2-3,5-6,9-13,16-20H2,1H3,(H2,29,30,31,32,36)/t22-/m1/s1. The van der Waals surface area contributed by atoms with Gasteiger partial charge in [-0.15, -0.1) is 0 Å². The van der Waals surface area contributed by atoms with Crippen LogP contribution in [0, 0.1) is 0 Å². The largest absolute Gasteiger partial charge is 0.368 e. The molecule has 7 nitrogen and oxygen atoms in total. The van der Waals surface area contributed by atoms with Crippen molar-refractivity contribution in [2.75, 3.05) is 52.7 Å². The third-order valence-electron chi connectivity index (χ3n) is 7.94. The Morgan fingerprint density at radius 3 is 2.19 bits per heavy atom. The van der Waals surface area contributed by atoms with Crippen LogP contribution in [0.1, 0.15) is 64.7 Å². The summed E-state index contributed by atoms with van der Waals surface area (Å²) < 4.78 is 0. The van der Waals surface area contributed by atoms with Crippen molar-refractivity contribution in [3.63, 3.8) is 0 Å². The number of benzene rings is 1. The first kappa shape index (κ1) is 25.1. The summed E-state index contributed by atoms with van der Waals surface area (Å²) in [7, 11) is 0. The molecule has 1 aromatic heterocycles. The maximum absolute atomic E-state index is 5.72. The van der Waals surface area contributed by atoms with Gasteiger partial charge >= 0.3 is 0 Å². The van der Waals surface area contributed by atoms with E-state index in [1.54, 1.807) is 0 Å². The predicted molar refractivity (Wildman–Crippen MR) is 154 cm³/mol. The molecular weight excluding hydrogens is 466 g/mol. The van der Waals surface area contributed by atoms with Gasteiger partial charge < -0.3 is 25.3 Å². The highest BCUT2D eigenvalue weighted by atomic mass is 32.1. The topological polar surface area (TPSA) is 59.6 Å². The van der Waals surface area contributed by atoms with Crippen LogP contribution in [0.2, 0.25) is 0 Å². The SMILES string of the molecule is C[C@@H]1CCCCN1c1cc(N2CCN(c3ccccc3)CC2)nc(NC(=S)NC2CCCCCC2)n1. The Hall–Kier alpha value is -2.61. The van der Waals surface area contributed by atoms with E-state index in [1.165, 1.54) is 63.5 Å². The fourth-order valence-electron chi connectivity index (χ4n) is 5.80. The number of hydrogen-bond donors (Lipinski definition) is 2. The molecule has 0 unspecified atom stereocenters. The number of piperazine rings is 1. The van der Waals surface area contributed by atoms with E-state index in [0.717, 1.165) is 44.4 Å². The normalized spacial score (nSPS) is 21.7. The van der Waals surface area contributed by atoms with Gasteiger partial charge in [0, 0.05) is 56.6 Å². The van der Waals surface area contributed by atoms with Gasteiger partial charge in [-0.25, -0.2) is 0 Å². The summed E-state index contributed by atoms with van der Waals surface area (Å²) in [5.74, 6) is 2.61. The summed E-state index contributed by atoms with van der Waals surface area (Å²) >= 11 is 5.72. The van der Waals surface area contributed by atoms with E-state index in [9.17, 15) is 0 Å². The highest BCUT2D eigenvalue weighted by molar-refractivity contribution is 7.80. The van der Waals surface area contributed by atoms with E-state index in [1.807, 2.05) is 0 Å². The Kier molecular flexibility index (Phi) is 8.41. The monoisotopic (exact) mass is 507 g/mol. The van der Waals surface area contributed by atoms with Crippen LogP contribution in [0.5, 0.6) is 0 Å². The first-order chi connectivity index (χ1) is 17.7. The van der Waals surface area contributed by atoms with Crippen molar-refractivity contribution in [3.8, 4) is 0 Å². The van der Waals surface area contributed by atoms with Crippen LogP contribution < -0.4 is 25.3 Å². The van der Waals surface area contributed by atoms with Gasteiger partial charge in [0.15, 0.2) is 5.11 Å². The highest BCUT2D eigenvalue weighted by Gasteiger charge is 2.24. The summed E-state index contributed by atoms with van der Waals surface area (Å²) in [6, 6.07) is 13.8. The Bertz CT molecular complexity index is 985. The zero-order valence-corrected chi connectivity index (χ0v) is 22.5. The molecule has 1 aliphatic carbocycles. The Labute approximate surface area is 221 Å². The van der Waals surface area contributed by atoms with Crippen LogP contribution in [0.25, 0.3) is 0 Å². The lowest BCUT2D eigenvalue weighted by Crippen LogP contribution is -2.47. The molecule has 2 N–H and O–H groups in total. The Morgan fingerprint density at radius 1 is 0.806 bits per heavy atom. The molecule has 2 aromatic rings. The quantitative estimate of drug-likeness (QED) is 0.424. The van der Waals surface area contributed by atoms with E-state index in [4.69, 9.17) is 22.2 Å². The molecule has 1 saturated carbocycles. The van der Waals surface area contributed by atoms with Gasteiger partial charge in [-0.05, 0) is 63.4 Å². The molecule has 0 radical (unpaired) electrons. The second kappa shape index (κ2) is 12.1. The number of hydrogen-bond acceptors (Lipinski definition) is 6. The number of thiocarbonyl (C=S) groups is 1. The van der Waals surface area contributed by atoms with Crippen LogP contribution in [-0.2, 0) is 0 Å². The molecule has 5 rings (SSSR count). The zero-order chi connectivity index (χ0) is 24.7. The molecule has 0 spiro atoms. The van der Waals surface area contributed by atoms with Crippen LogP contribution >= 0.6 is 12.2 Å². The highest BCUT2D eigenvalue weighted by Crippen LogP contribution is 2.28. The maximum atomic E-state index is 5.72. The number of nitrogens with one attached hydrogen (secondary N) is 2. The summed E-state index contributed by atoms with van der Waals surface area (Å²) in [6.07, 6.45) is 11.3. The molecule has 2 aliphatic heterocycles. The van der Waals surface area contributed by atoms with Crippen molar-refractivity contribution in [1.29, 1.82) is 0 Å². The molecule has 2 saturated heterocycles. The van der Waals surface area contributed by atoms with E-state index in [0.29, 0.717) is 23.1 Å². The zero-order valence-electron chi connectivity index (χ0n) is 21.7. The van der Waals surface area contributed by atoms with Gasteiger partial charge in [-0.2, -0.15) is 9.97 Å². The minimum absolute atomic E-state index is 0.448. The number of piperidine rings is 1. The second-order valence-corrected chi connectivity index (χ2v) is 11.0. The maximum Gasteiger partial charge on any atom is 0.232 e. The first-order valence-corrected chi connectivity index (χ1v) is 14.3. The second-order valence-electron chi connectivity index (χ2n) is 10.5. The van der Waals surface area contributed by atoms with Crippen molar-refractivity contribution >= 4 is 40.6 Å². The summed E-state index contributed by atoms with van der Waals surface area (Å²) in [4.78, 5) is 17.2. The number of anilines is 4. The van der Waals surface area contributed by atoms with Crippen LogP contribution in [0.4, 0.5) is 23.3 Å². The van der Waals surface area contributed by atoms with Crippen molar-refractivity contribution in [2.24, 2.45) is 0 Å². The molecule has 8 heteroatoms. The third-order valence-corrected chi connectivity index (χ3v) is 8.16. The molecule has 3 heterocycles. The van der Waals surface area contributed by atoms with E-state index >= 15 is 0 Å². The molecule has 194 valence electrons. The van der Waals surface area contributed by atoms with Crippen molar-refractivity contribution in [3.05, 3.63) is 36.4 Å². The van der Waals surface area contributed by atoms with Crippen LogP contribution in [-0.4, -0.2) is 59.9 Å². The summed E-state index contributed by atoms with van der Waals surface area (Å²) in [5, 5.41) is 7.54. The average Bonchev–Trinajstić information content (AvgIpc) is 3.18. The summed E-state index contributed by atoms with van der Waals surface area (Å²) in [5.41, 5.74) is 1.29. The summed E-state index contributed by atoms with van der Waals surface area (Å²) in [6.45, 7) is 7.19.